The van der Waals surface area contributed by atoms with E-state index in [1.807, 2.05) is 6.92 Å². The summed E-state index contributed by atoms with van der Waals surface area (Å²) in [6, 6.07) is 8.35. The summed E-state index contributed by atoms with van der Waals surface area (Å²) in [6.07, 6.45) is 0. The van der Waals surface area contributed by atoms with Crippen molar-refractivity contribution in [2.45, 2.75) is 13.0 Å². The molecule has 0 radical (unpaired) electrons. The molecule has 0 saturated heterocycles. The fraction of sp³-hybridized carbons (Fsp3) is 0.143. The Labute approximate surface area is 118 Å². The Bertz CT molecular complexity index is 550. The maximum atomic E-state index is 13.9. The SMILES string of the molecule is Cc1ccc(F)c(C(NN)c2cc(F)ccc2Br)c1. The highest BCUT2D eigenvalue weighted by atomic mass is 79.9. The number of rotatable bonds is 3. The van der Waals surface area contributed by atoms with Gasteiger partial charge in [-0.3, -0.25) is 5.84 Å². The molecule has 19 heavy (non-hydrogen) atoms. The predicted octanol–water partition coefficient (Wildman–Crippen LogP) is 3.59. The summed E-state index contributed by atoms with van der Waals surface area (Å²) in [5, 5.41) is 0. The molecule has 0 spiro atoms. The minimum absolute atomic E-state index is 0.383. The summed E-state index contributed by atoms with van der Waals surface area (Å²) >= 11 is 3.33. The number of halogens is 3. The third-order valence-corrected chi connectivity index (χ3v) is 3.62. The van der Waals surface area contributed by atoms with E-state index in [1.54, 1.807) is 18.2 Å². The van der Waals surface area contributed by atoms with Gasteiger partial charge in [0.05, 0.1) is 6.04 Å². The van der Waals surface area contributed by atoms with Crippen LogP contribution < -0.4 is 11.3 Å². The molecule has 1 atom stereocenters. The lowest BCUT2D eigenvalue weighted by Crippen LogP contribution is -2.30. The first kappa shape index (κ1) is 14.1. The third kappa shape index (κ3) is 3.00. The van der Waals surface area contributed by atoms with Gasteiger partial charge in [0.1, 0.15) is 11.6 Å². The molecule has 0 saturated carbocycles. The van der Waals surface area contributed by atoms with Gasteiger partial charge in [-0.15, -0.1) is 0 Å². The molecule has 0 aliphatic rings. The van der Waals surface area contributed by atoms with Crippen molar-refractivity contribution in [3.05, 3.63) is 69.2 Å². The van der Waals surface area contributed by atoms with Crippen molar-refractivity contribution in [1.82, 2.24) is 5.43 Å². The van der Waals surface area contributed by atoms with Crippen LogP contribution in [0.4, 0.5) is 8.78 Å². The van der Waals surface area contributed by atoms with E-state index in [9.17, 15) is 8.78 Å². The first-order valence-corrected chi connectivity index (χ1v) is 6.49. The van der Waals surface area contributed by atoms with Gasteiger partial charge >= 0.3 is 0 Å². The predicted molar refractivity (Wildman–Crippen MR) is 74.4 cm³/mol. The van der Waals surface area contributed by atoms with Gasteiger partial charge in [-0.25, -0.2) is 14.2 Å². The van der Waals surface area contributed by atoms with Crippen LogP contribution in [0.3, 0.4) is 0 Å². The monoisotopic (exact) mass is 326 g/mol. The largest absolute Gasteiger partial charge is 0.271 e. The molecule has 0 aromatic heterocycles. The first-order chi connectivity index (χ1) is 9.02. The molecule has 2 aromatic carbocycles. The Balaban J connectivity index is 2.55. The van der Waals surface area contributed by atoms with E-state index < -0.39 is 11.9 Å². The number of hydrazine groups is 1. The number of aryl methyl sites for hydroxylation is 1. The fourth-order valence-electron chi connectivity index (χ4n) is 1.97. The van der Waals surface area contributed by atoms with Crippen molar-refractivity contribution in [2.75, 3.05) is 0 Å². The van der Waals surface area contributed by atoms with E-state index in [-0.39, 0.29) is 5.82 Å². The van der Waals surface area contributed by atoms with Crippen LogP contribution in [-0.2, 0) is 0 Å². The zero-order valence-electron chi connectivity index (χ0n) is 10.3. The van der Waals surface area contributed by atoms with Crippen molar-refractivity contribution in [3.63, 3.8) is 0 Å². The standard InChI is InChI=1S/C14H13BrF2N2/c1-8-2-5-13(17)11(6-8)14(19-18)10-7-9(16)3-4-12(10)15/h2-7,14,19H,18H2,1H3. The van der Waals surface area contributed by atoms with Gasteiger partial charge in [-0.1, -0.05) is 33.6 Å². The highest BCUT2D eigenvalue weighted by Crippen LogP contribution is 2.30. The van der Waals surface area contributed by atoms with Crippen LogP contribution in [-0.4, -0.2) is 0 Å². The summed E-state index contributed by atoms with van der Waals surface area (Å²) < 4.78 is 27.9. The summed E-state index contributed by atoms with van der Waals surface area (Å²) in [7, 11) is 0. The second kappa shape index (κ2) is 5.77. The Morgan fingerprint density at radius 2 is 1.84 bits per heavy atom. The Kier molecular flexibility index (Phi) is 4.29. The molecule has 0 heterocycles. The number of nitrogens with two attached hydrogens (primary N) is 1. The maximum Gasteiger partial charge on any atom is 0.128 e. The molecular weight excluding hydrogens is 314 g/mol. The van der Waals surface area contributed by atoms with Crippen molar-refractivity contribution < 1.29 is 8.78 Å². The quantitative estimate of drug-likeness (QED) is 0.668. The van der Waals surface area contributed by atoms with Gasteiger partial charge in [-0.2, -0.15) is 0 Å². The molecule has 0 fully saturated rings. The van der Waals surface area contributed by atoms with E-state index in [4.69, 9.17) is 5.84 Å². The molecule has 100 valence electrons. The van der Waals surface area contributed by atoms with Crippen LogP contribution in [0.2, 0.25) is 0 Å². The minimum Gasteiger partial charge on any atom is -0.271 e. The molecule has 0 bridgehead atoms. The first-order valence-electron chi connectivity index (χ1n) is 5.70. The van der Waals surface area contributed by atoms with Gasteiger partial charge in [0.25, 0.3) is 0 Å². The summed E-state index contributed by atoms with van der Waals surface area (Å²) in [5.74, 6) is 4.73. The molecule has 0 aliphatic heterocycles. The van der Waals surface area contributed by atoms with Crippen LogP contribution >= 0.6 is 15.9 Å². The van der Waals surface area contributed by atoms with E-state index in [0.29, 0.717) is 15.6 Å². The summed E-state index contributed by atoms with van der Waals surface area (Å²) in [4.78, 5) is 0. The average Bonchev–Trinajstić information content (AvgIpc) is 2.38. The second-order valence-electron chi connectivity index (χ2n) is 4.29. The summed E-state index contributed by atoms with van der Waals surface area (Å²) in [5.41, 5.74) is 4.37. The molecule has 2 aromatic rings. The normalized spacial score (nSPS) is 12.5. The highest BCUT2D eigenvalue weighted by Gasteiger charge is 2.19. The van der Waals surface area contributed by atoms with Gasteiger partial charge in [-0.05, 0) is 36.8 Å². The second-order valence-corrected chi connectivity index (χ2v) is 5.14. The third-order valence-electron chi connectivity index (χ3n) is 2.90. The van der Waals surface area contributed by atoms with Crippen LogP contribution in [0.1, 0.15) is 22.7 Å². The fourth-order valence-corrected chi connectivity index (χ4v) is 2.44. The maximum absolute atomic E-state index is 13.9. The van der Waals surface area contributed by atoms with Gasteiger partial charge in [0.15, 0.2) is 0 Å². The van der Waals surface area contributed by atoms with Crippen molar-refractivity contribution >= 4 is 15.9 Å². The van der Waals surface area contributed by atoms with Crippen LogP contribution in [0.25, 0.3) is 0 Å². The molecule has 2 nitrogen and oxygen atoms in total. The molecule has 0 amide bonds. The lowest BCUT2D eigenvalue weighted by molar-refractivity contribution is 0.554. The Hall–Kier alpha value is -1.30. The molecule has 1 unspecified atom stereocenters. The highest BCUT2D eigenvalue weighted by molar-refractivity contribution is 9.10. The van der Waals surface area contributed by atoms with Crippen LogP contribution in [0.15, 0.2) is 40.9 Å². The number of hydrogen-bond acceptors (Lipinski definition) is 2. The lowest BCUT2D eigenvalue weighted by atomic mass is 9.97. The number of benzene rings is 2. The molecule has 5 heteroatoms. The van der Waals surface area contributed by atoms with Crippen molar-refractivity contribution in [1.29, 1.82) is 0 Å². The zero-order valence-corrected chi connectivity index (χ0v) is 11.8. The number of nitrogens with one attached hydrogen (secondary N) is 1. The summed E-state index contributed by atoms with van der Waals surface area (Å²) in [6.45, 7) is 1.86. The molecular formula is C14H13BrF2N2. The smallest absolute Gasteiger partial charge is 0.128 e. The van der Waals surface area contributed by atoms with Gasteiger partial charge in [0, 0.05) is 10.0 Å². The van der Waals surface area contributed by atoms with Gasteiger partial charge < -0.3 is 0 Å². The Morgan fingerprint density at radius 1 is 1.11 bits per heavy atom. The van der Waals surface area contributed by atoms with Crippen molar-refractivity contribution in [2.24, 2.45) is 5.84 Å². The van der Waals surface area contributed by atoms with Gasteiger partial charge in [0.2, 0.25) is 0 Å². The molecule has 0 aliphatic carbocycles. The number of hydrogen-bond donors (Lipinski definition) is 2. The van der Waals surface area contributed by atoms with E-state index in [0.717, 1.165) is 5.56 Å². The van der Waals surface area contributed by atoms with Crippen LogP contribution in [0, 0.1) is 18.6 Å². The lowest BCUT2D eigenvalue weighted by Gasteiger charge is -2.19. The van der Waals surface area contributed by atoms with E-state index in [2.05, 4.69) is 21.4 Å². The van der Waals surface area contributed by atoms with E-state index in [1.165, 1.54) is 18.2 Å². The molecule has 3 N–H and O–H groups in total. The van der Waals surface area contributed by atoms with E-state index >= 15 is 0 Å². The Morgan fingerprint density at radius 3 is 2.53 bits per heavy atom. The minimum atomic E-state index is -0.620. The average molecular weight is 327 g/mol. The van der Waals surface area contributed by atoms with Crippen LogP contribution in [0.5, 0.6) is 0 Å². The molecule has 2 rings (SSSR count). The zero-order chi connectivity index (χ0) is 14.0. The van der Waals surface area contributed by atoms with Crippen molar-refractivity contribution in [3.8, 4) is 0 Å². The topological polar surface area (TPSA) is 38.0 Å².